The zero-order chi connectivity index (χ0) is 19.6. The molecule has 3 rings (SSSR count). The van der Waals surface area contributed by atoms with E-state index in [0.29, 0.717) is 15.8 Å². The van der Waals surface area contributed by atoms with Crippen molar-refractivity contribution in [2.75, 3.05) is 33.9 Å². The molecule has 146 valence electrons. The van der Waals surface area contributed by atoms with Crippen molar-refractivity contribution in [1.29, 1.82) is 0 Å². The van der Waals surface area contributed by atoms with Crippen molar-refractivity contribution in [3.8, 4) is 11.5 Å². The molecule has 1 unspecified atom stereocenters. The van der Waals surface area contributed by atoms with E-state index in [1.165, 1.54) is 24.6 Å². The number of hydrogen-bond acceptors (Lipinski definition) is 5. The minimum atomic E-state index is -3.82. The minimum Gasteiger partial charge on any atom is -0.497 e. The fourth-order valence-corrected chi connectivity index (χ4v) is 5.07. The van der Waals surface area contributed by atoms with Crippen LogP contribution in [0.5, 0.6) is 11.5 Å². The zero-order valence-electron chi connectivity index (χ0n) is 14.8. The molecule has 0 bridgehead atoms. The first-order valence-corrected chi connectivity index (χ1v) is 10.3. The topological polar surface area (TPSA) is 65.1 Å². The molecule has 0 N–H and O–H groups in total. The largest absolute Gasteiger partial charge is 0.497 e. The van der Waals surface area contributed by atoms with E-state index in [-0.39, 0.29) is 30.3 Å². The predicted octanol–water partition coefficient (Wildman–Crippen LogP) is 3.77. The molecular weight excluding hydrogens is 413 g/mol. The number of rotatable bonds is 5. The molecule has 1 aliphatic rings. The second-order valence-corrected chi connectivity index (χ2v) is 8.72. The smallest absolute Gasteiger partial charge is 0.247 e. The Labute approximate surface area is 168 Å². The Bertz CT molecular complexity index is 915. The molecule has 1 fully saturated rings. The lowest BCUT2D eigenvalue weighted by Crippen LogP contribution is -2.42. The third-order valence-electron chi connectivity index (χ3n) is 4.27. The number of sulfonamides is 1. The van der Waals surface area contributed by atoms with Crippen molar-refractivity contribution in [3.05, 3.63) is 52.0 Å². The van der Waals surface area contributed by atoms with Crippen molar-refractivity contribution in [2.45, 2.75) is 11.0 Å². The van der Waals surface area contributed by atoms with Crippen LogP contribution in [0, 0.1) is 0 Å². The maximum atomic E-state index is 13.2. The lowest BCUT2D eigenvalue weighted by Gasteiger charge is -2.32. The summed E-state index contributed by atoms with van der Waals surface area (Å²) in [5, 5.41) is 0.936. The average molecular weight is 432 g/mol. The van der Waals surface area contributed by atoms with Crippen LogP contribution < -0.4 is 9.47 Å². The van der Waals surface area contributed by atoms with E-state index >= 15 is 0 Å². The summed E-state index contributed by atoms with van der Waals surface area (Å²) in [6, 6.07) is 9.73. The van der Waals surface area contributed by atoms with Gasteiger partial charge in [0, 0.05) is 29.2 Å². The quantitative estimate of drug-likeness (QED) is 0.720. The van der Waals surface area contributed by atoms with Gasteiger partial charge in [0.15, 0.2) is 0 Å². The molecule has 0 saturated carbocycles. The Morgan fingerprint density at radius 2 is 1.78 bits per heavy atom. The van der Waals surface area contributed by atoms with Crippen molar-refractivity contribution < 1.29 is 22.6 Å². The van der Waals surface area contributed by atoms with Gasteiger partial charge in [0.2, 0.25) is 10.0 Å². The Morgan fingerprint density at radius 3 is 2.41 bits per heavy atom. The van der Waals surface area contributed by atoms with Gasteiger partial charge in [0.05, 0.1) is 26.9 Å². The van der Waals surface area contributed by atoms with E-state index < -0.39 is 16.1 Å². The van der Waals surface area contributed by atoms with Crippen LogP contribution in [0.15, 0.2) is 41.3 Å². The van der Waals surface area contributed by atoms with E-state index in [1.54, 1.807) is 30.3 Å². The van der Waals surface area contributed by atoms with Crippen LogP contribution in [-0.2, 0) is 14.8 Å². The molecule has 0 aliphatic carbocycles. The molecule has 1 atom stereocenters. The van der Waals surface area contributed by atoms with Gasteiger partial charge in [0.25, 0.3) is 0 Å². The number of ether oxygens (including phenoxy) is 3. The molecule has 0 amide bonds. The van der Waals surface area contributed by atoms with E-state index in [0.717, 1.165) is 5.56 Å². The van der Waals surface area contributed by atoms with Crippen LogP contribution in [0.25, 0.3) is 0 Å². The molecule has 9 heteroatoms. The summed E-state index contributed by atoms with van der Waals surface area (Å²) in [5.41, 5.74) is 0.727. The summed E-state index contributed by atoms with van der Waals surface area (Å²) in [4.78, 5) is 0.0501. The SMILES string of the molecule is COc1ccc(OC)c(S(=O)(=O)N2CCOC(c3cc(Cl)cc(Cl)c3)C2)c1. The molecular formula is C18H19Cl2NO5S. The second-order valence-electron chi connectivity index (χ2n) is 5.94. The summed E-state index contributed by atoms with van der Waals surface area (Å²) >= 11 is 12.1. The van der Waals surface area contributed by atoms with Crippen molar-refractivity contribution in [3.63, 3.8) is 0 Å². The van der Waals surface area contributed by atoms with E-state index in [4.69, 9.17) is 37.4 Å². The zero-order valence-corrected chi connectivity index (χ0v) is 17.1. The maximum Gasteiger partial charge on any atom is 0.247 e. The van der Waals surface area contributed by atoms with E-state index in [1.807, 2.05) is 0 Å². The second kappa shape index (κ2) is 8.24. The molecule has 1 heterocycles. The summed E-state index contributed by atoms with van der Waals surface area (Å²) in [6.07, 6.45) is -0.471. The highest BCUT2D eigenvalue weighted by Gasteiger charge is 2.34. The normalized spacial score (nSPS) is 18.3. The predicted molar refractivity (Wildman–Crippen MR) is 103 cm³/mol. The van der Waals surface area contributed by atoms with Crippen LogP contribution in [0.1, 0.15) is 11.7 Å². The fourth-order valence-electron chi connectivity index (χ4n) is 2.93. The molecule has 2 aromatic rings. The van der Waals surface area contributed by atoms with Gasteiger partial charge in [-0.1, -0.05) is 23.2 Å². The highest BCUT2D eigenvalue weighted by molar-refractivity contribution is 7.89. The number of morpholine rings is 1. The minimum absolute atomic E-state index is 0.0501. The maximum absolute atomic E-state index is 13.2. The molecule has 27 heavy (non-hydrogen) atoms. The highest BCUT2D eigenvalue weighted by Crippen LogP contribution is 2.34. The summed E-state index contributed by atoms with van der Waals surface area (Å²) < 4.78 is 44.0. The van der Waals surface area contributed by atoms with Gasteiger partial charge in [-0.3, -0.25) is 0 Å². The van der Waals surface area contributed by atoms with Crippen LogP contribution >= 0.6 is 23.2 Å². The third kappa shape index (κ3) is 4.33. The summed E-state index contributed by atoms with van der Waals surface area (Å²) in [7, 11) is -0.911. The molecule has 6 nitrogen and oxygen atoms in total. The third-order valence-corrected chi connectivity index (χ3v) is 6.60. The molecule has 0 radical (unpaired) electrons. The van der Waals surface area contributed by atoms with Gasteiger partial charge in [-0.15, -0.1) is 0 Å². The highest BCUT2D eigenvalue weighted by atomic mass is 35.5. The van der Waals surface area contributed by atoms with Gasteiger partial charge in [-0.25, -0.2) is 8.42 Å². The average Bonchev–Trinajstić information content (AvgIpc) is 2.66. The standard InChI is InChI=1S/C18H19Cl2NO5S/c1-24-15-3-4-16(25-2)18(10-15)27(22,23)21-5-6-26-17(11-21)12-7-13(19)9-14(20)8-12/h3-4,7-10,17H,5-6,11H2,1-2H3. The summed E-state index contributed by atoms with van der Waals surface area (Å²) in [6.45, 7) is 0.618. The molecule has 1 aliphatic heterocycles. The van der Waals surface area contributed by atoms with Crippen LogP contribution in [0.3, 0.4) is 0 Å². The Balaban J connectivity index is 1.93. The van der Waals surface area contributed by atoms with Gasteiger partial charge >= 0.3 is 0 Å². The molecule has 2 aromatic carbocycles. The van der Waals surface area contributed by atoms with Crippen LogP contribution in [0.2, 0.25) is 10.0 Å². The Hall–Kier alpha value is -1.51. The van der Waals surface area contributed by atoms with E-state index in [9.17, 15) is 8.42 Å². The number of methoxy groups -OCH3 is 2. The van der Waals surface area contributed by atoms with Crippen LogP contribution in [0.4, 0.5) is 0 Å². The van der Waals surface area contributed by atoms with E-state index in [2.05, 4.69) is 0 Å². The number of nitrogens with zero attached hydrogens (tertiary/aromatic N) is 1. The number of benzene rings is 2. The molecule has 0 aromatic heterocycles. The first kappa shape index (κ1) is 20.2. The lowest BCUT2D eigenvalue weighted by atomic mass is 10.1. The van der Waals surface area contributed by atoms with Crippen molar-refractivity contribution >= 4 is 33.2 Å². The number of hydrogen-bond donors (Lipinski definition) is 0. The summed E-state index contributed by atoms with van der Waals surface area (Å²) in [5.74, 6) is 0.686. The van der Waals surface area contributed by atoms with Crippen LogP contribution in [-0.4, -0.2) is 46.6 Å². The van der Waals surface area contributed by atoms with Gasteiger partial charge in [0.1, 0.15) is 16.4 Å². The van der Waals surface area contributed by atoms with Crippen molar-refractivity contribution in [2.24, 2.45) is 0 Å². The first-order chi connectivity index (χ1) is 12.8. The Kier molecular flexibility index (Phi) is 6.18. The molecule has 1 saturated heterocycles. The van der Waals surface area contributed by atoms with Gasteiger partial charge < -0.3 is 14.2 Å². The lowest BCUT2D eigenvalue weighted by molar-refractivity contribution is -0.00258. The van der Waals surface area contributed by atoms with Crippen molar-refractivity contribution in [1.82, 2.24) is 4.31 Å². The first-order valence-electron chi connectivity index (χ1n) is 8.15. The monoisotopic (exact) mass is 431 g/mol. The Morgan fingerprint density at radius 1 is 1.07 bits per heavy atom. The van der Waals surface area contributed by atoms with Gasteiger partial charge in [-0.2, -0.15) is 4.31 Å². The fraction of sp³-hybridized carbons (Fsp3) is 0.333. The van der Waals surface area contributed by atoms with Gasteiger partial charge in [-0.05, 0) is 35.9 Å². The number of halogens is 2. The molecule has 0 spiro atoms.